The summed E-state index contributed by atoms with van der Waals surface area (Å²) in [5, 5.41) is 0. The van der Waals surface area contributed by atoms with E-state index < -0.39 is 29.0 Å². The Morgan fingerprint density at radius 3 is 2.41 bits per heavy atom. The molecule has 1 amide bonds. The zero-order valence-corrected chi connectivity index (χ0v) is 11.8. The molecule has 1 saturated heterocycles. The first-order valence-electron chi connectivity index (χ1n) is 7.04. The number of amides is 1. The molecule has 0 N–H and O–H groups in total. The van der Waals surface area contributed by atoms with Gasteiger partial charge < -0.3 is 9.64 Å². The van der Waals surface area contributed by atoms with Crippen LogP contribution in [0.5, 0.6) is 0 Å². The number of hydrogen-bond donors (Lipinski definition) is 0. The first-order valence-corrected chi connectivity index (χ1v) is 7.04. The molecule has 1 saturated carbocycles. The Morgan fingerprint density at radius 2 is 1.82 bits per heavy atom. The van der Waals surface area contributed by atoms with Crippen molar-refractivity contribution in [3.63, 3.8) is 0 Å². The number of alkyl halides is 2. The summed E-state index contributed by atoms with van der Waals surface area (Å²) in [4.78, 5) is 13.2. The molecule has 1 heterocycles. The van der Waals surface area contributed by atoms with Crippen LogP contribution in [0.4, 0.5) is 17.6 Å². The molecule has 0 radical (unpaired) electrons. The van der Waals surface area contributed by atoms with Gasteiger partial charge in [-0.05, 0) is 25.0 Å². The molecule has 0 atom stereocenters. The van der Waals surface area contributed by atoms with Gasteiger partial charge in [-0.25, -0.2) is 8.78 Å². The van der Waals surface area contributed by atoms with Crippen molar-refractivity contribution in [2.45, 2.75) is 18.8 Å². The molecule has 1 aromatic carbocycles. The maximum Gasteiger partial charge on any atom is 0.350 e. The number of rotatable bonds is 2. The Hall–Kier alpha value is -1.63. The van der Waals surface area contributed by atoms with Gasteiger partial charge in [0.1, 0.15) is 11.6 Å². The highest BCUT2D eigenvalue weighted by molar-refractivity contribution is 5.85. The standard InChI is InChI=1S/C15H15F4NO2/c16-11-5-10(6-12(17)7-11)15(18,19)13(21)20-3-4-22-9-14(8-20)1-2-14/h5-7H,1-4,8-9H2. The lowest BCUT2D eigenvalue weighted by Crippen LogP contribution is -2.45. The summed E-state index contributed by atoms with van der Waals surface area (Å²) >= 11 is 0. The predicted octanol–water partition coefficient (Wildman–Crippen LogP) is 2.70. The van der Waals surface area contributed by atoms with Gasteiger partial charge in [0.25, 0.3) is 5.91 Å². The average Bonchev–Trinajstić information content (AvgIpc) is 3.24. The number of ether oxygens (including phenoxy) is 1. The zero-order valence-electron chi connectivity index (χ0n) is 11.8. The molecule has 2 aliphatic rings. The van der Waals surface area contributed by atoms with Gasteiger partial charge in [0, 0.05) is 30.1 Å². The van der Waals surface area contributed by atoms with Crippen molar-refractivity contribution in [2.75, 3.05) is 26.3 Å². The molecule has 7 heteroatoms. The molecule has 22 heavy (non-hydrogen) atoms. The summed E-state index contributed by atoms with van der Waals surface area (Å²) in [6, 6.07) is 1.47. The summed E-state index contributed by atoms with van der Waals surface area (Å²) < 4.78 is 60.3. The monoisotopic (exact) mass is 317 g/mol. The zero-order chi connectivity index (χ0) is 16.0. The number of carbonyl (C=O) groups excluding carboxylic acids is 1. The van der Waals surface area contributed by atoms with Crippen LogP contribution in [0.15, 0.2) is 18.2 Å². The first kappa shape index (κ1) is 15.3. The molecule has 3 nitrogen and oxygen atoms in total. The first-order chi connectivity index (χ1) is 10.3. The van der Waals surface area contributed by atoms with Crippen LogP contribution >= 0.6 is 0 Å². The molecule has 1 aromatic rings. The molecule has 120 valence electrons. The van der Waals surface area contributed by atoms with Crippen LogP contribution in [-0.4, -0.2) is 37.1 Å². The lowest BCUT2D eigenvalue weighted by molar-refractivity contribution is -0.159. The molecule has 0 unspecified atom stereocenters. The fraction of sp³-hybridized carbons (Fsp3) is 0.533. The SMILES string of the molecule is O=C(N1CCOCC2(CC2)C1)C(F)(F)c1cc(F)cc(F)c1. The summed E-state index contributed by atoms with van der Waals surface area (Å²) in [5.41, 5.74) is -1.19. The van der Waals surface area contributed by atoms with E-state index in [-0.39, 0.29) is 25.1 Å². The summed E-state index contributed by atoms with van der Waals surface area (Å²) in [6.45, 7) is 0.880. The molecule has 0 aromatic heterocycles. The van der Waals surface area contributed by atoms with E-state index >= 15 is 0 Å². The van der Waals surface area contributed by atoms with Crippen LogP contribution < -0.4 is 0 Å². The second kappa shape index (κ2) is 5.22. The molecule has 2 fully saturated rings. The average molecular weight is 317 g/mol. The van der Waals surface area contributed by atoms with Gasteiger partial charge in [-0.1, -0.05) is 0 Å². The van der Waals surface area contributed by atoms with E-state index in [1.165, 1.54) is 0 Å². The predicted molar refractivity (Wildman–Crippen MR) is 69.3 cm³/mol. The van der Waals surface area contributed by atoms with Gasteiger partial charge in [0.15, 0.2) is 0 Å². The van der Waals surface area contributed by atoms with E-state index in [1.54, 1.807) is 0 Å². The van der Waals surface area contributed by atoms with Crippen molar-refractivity contribution in [3.05, 3.63) is 35.4 Å². The second-order valence-electron chi connectivity index (χ2n) is 6.01. The van der Waals surface area contributed by atoms with Crippen molar-refractivity contribution in [1.29, 1.82) is 0 Å². The van der Waals surface area contributed by atoms with E-state index in [1.807, 2.05) is 0 Å². The maximum atomic E-state index is 14.3. The molecule has 1 spiro atoms. The van der Waals surface area contributed by atoms with E-state index in [0.717, 1.165) is 17.7 Å². The van der Waals surface area contributed by atoms with Crippen molar-refractivity contribution in [1.82, 2.24) is 4.90 Å². The number of carbonyl (C=O) groups is 1. The van der Waals surface area contributed by atoms with Gasteiger partial charge >= 0.3 is 5.92 Å². The van der Waals surface area contributed by atoms with Crippen molar-refractivity contribution < 1.29 is 27.1 Å². The normalized spacial score (nSPS) is 20.8. The number of benzene rings is 1. The maximum absolute atomic E-state index is 14.3. The minimum Gasteiger partial charge on any atom is -0.379 e. The highest BCUT2D eigenvalue weighted by Gasteiger charge is 2.51. The highest BCUT2D eigenvalue weighted by Crippen LogP contribution is 2.48. The van der Waals surface area contributed by atoms with E-state index in [0.29, 0.717) is 24.8 Å². The highest BCUT2D eigenvalue weighted by atomic mass is 19.3. The summed E-state index contributed by atoms with van der Waals surface area (Å²) in [7, 11) is 0. The minimum absolute atomic E-state index is 0.0496. The topological polar surface area (TPSA) is 29.5 Å². The van der Waals surface area contributed by atoms with Crippen LogP contribution in [0.3, 0.4) is 0 Å². The minimum atomic E-state index is -3.97. The second-order valence-corrected chi connectivity index (χ2v) is 6.01. The number of hydrogen-bond acceptors (Lipinski definition) is 2. The van der Waals surface area contributed by atoms with Crippen LogP contribution in [0.2, 0.25) is 0 Å². The van der Waals surface area contributed by atoms with Crippen LogP contribution in [0.1, 0.15) is 18.4 Å². The fourth-order valence-electron chi connectivity index (χ4n) is 2.70. The molecule has 1 aliphatic carbocycles. The fourth-order valence-corrected chi connectivity index (χ4v) is 2.70. The Balaban J connectivity index is 1.85. The summed E-state index contributed by atoms with van der Waals surface area (Å²) in [5.74, 6) is -7.68. The quantitative estimate of drug-likeness (QED) is 0.785. The van der Waals surface area contributed by atoms with Gasteiger partial charge in [0.2, 0.25) is 0 Å². The summed E-state index contributed by atoms with van der Waals surface area (Å²) in [6.07, 6.45) is 1.66. The Kier molecular flexibility index (Phi) is 3.63. The molecule has 0 bridgehead atoms. The van der Waals surface area contributed by atoms with Gasteiger partial charge in [-0.15, -0.1) is 0 Å². The van der Waals surface area contributed by atoms with Crippen LogP contribution in [-0.2, 0) is 15.5 Å². The van der Waals surface area contributed by atoms with E-state index in [9.17, 15) is 22.4 Å². The van der Waals surface area contributed by atoms with E-state index in [4.69, 9.17) is 4.74 Å². The largest absolute Gasteiger partial charge is 0.379 e. The molecular weight excluding hydrogens is 302 g/mol. The Bertz CT molecular complexity index is 581. The Morgan fingerprint density at radius 1 is 1.18 bits per heavy atom. The number of nitrogens with zero attached hydrogens (tertiary/aromatic N) is 1. The lowest BCUT2D eigenvalue weighted by Gasteiger charge is -2.27. The van der Waals surface area contributed by atoms with Gasteiger partial charge in [-0.2, -0.15) is 8.78 Å². The molecule has 1 aliphatic heterocycles. The molecular formula is C15H15F4NO2. The van der Waals surface area contributed by atoms with Crippen molar-refractivity contribution in [3.8, 4) is 0 Å². The van der Waals surface area contributed by atoms with Crippen LogP contribution in [0.25, 0.3) is 0 Å². The van der Waals surface area contributed by atoms with Crippen LogP contribution in [0, 0.1) is 17.0 Å². The third-order valence-electron chi connectivity index (χ3n) is 4.18. The number of halogens is 4. The smallest absolute Gasteiger partial charge is 0.350 e. The lowest BCUT2D eigenvalue weighted by atomic mass is 10.0. The third kappa shape index (κ3) is 2.82. The Labute approximate surface area is 124 Å². The molecule has 3 rings (SSSR count). The van der Waals surface area contributed by atoms with Gasteiger partial charge in [-0.3, -0.25) is 4.79 Å². The van der Waals surface area contributed by atoms with Crippen molar-refractivity contribution in [2.24, 2.45) is 5.41 Å². The van der Waals surface area contributed by atoms with Crippen molar-refractivity contribution >= 4 is 5.91 Å². The van der Waals surface area contributed by atoms with Gasteiger partial charge in [0.05, 0.1) is 13.2 Å². The van der Waals surface area contributed by atoms with E-state index in [2.05, 4.69) is 0 Å². The third-order valence-corrected chi connectivity index (χ3v) is 4.18.